The van der Waals surface area contributed by atoms with Crippen LogP contribution in [0.3, 0.4) is 0 Å². The Morgan fingerprint density at radius 2 is 2.14 bits per heavy atom. The van der Waals surface area contributed by atoms with E-state index in [1.807, 2.05) is 30.1 Å². The molecule has 2 aromatic rings. The van der Waals surface area contributed by atoms with Gasteiger partial charge in [0.2, 0.25) is 18.5 Å². The Kier molecular flexibility index (Phi) is 5.45. The van der Waals surface area contributed by atoms with Crippen molar-refractivity contribution in [3.8, 4) is 22.9 Å². The van der Waals surface area contributed by atoms with Gasteiger partial charge in [-0.1, -0.05) is 5.16 Å². The van der Waals surface area contributed by atoms with E-state index < -0.39 is 5.97 Å². The number of fused-ring (bicyclic) bond motifs is 1. The van der Waals surface area contributed by atoms with Crippen LogP contribution in [0.25, 0.3) is 11.4 Å². The van der Waals surface area contributed by atoms with E-state index in [1.165, 1.54) is 0 Å². The third kappa shape index (κ3) is 4.26. The van der Waals surface area contributed by atoms with Gasteiger partial charge in [0.1, 0.15) is 0 Å². The van der Waals surface area contributed by atoms with Gasteiger partial charge in [0.15, 0.2) is 11.5 Å². The molecule has 150 valence electrons. The van der Waals surface area contributed by atoms with Crippen LogP contribution in [0.15, 0.2) is 22.7 Å². The maximum Gasteiger partial charge on any atom is 0.317 e. The third-order valence-electron chi connectivity index (χ3n) is 5.26. The number of hydrogen-bond donors (Lipinski definition) is 1. The van der Waals surface area contributed by atoms with Gasteiger partial charge < -0.3 is 19.1 Å². The first-order chi connectivity index (χ1) is 13.6. The number of aromatic nitrogens is 2. The highest BCUT2D eigenvalue weighted by Crippen LogP contribution is 2.35. The van der Waals surface area contributed by atoms with Gasteiger partial charge in [0.05, 0.1) is 13.1 Å². The predicted octanol–water partition coefficient (Wildman–Crippen LogP) is 1.84. The molecule has 1 N–H and O–H groups in total. The summed E-state index contributed by atoms with van der Waals surface area (Å²) in [6.07, 6.45) is 2.93. The molecule has 0 radical (unpaired) electrons. The van der Waals surface area contributed by atoms with Crippen LogP contribution in [-0.4, -0.2) is 70.5 Å². The largest absolute Gasteiger partial charge is 0.480 e. The first-order valence-electron chi connectivity index (χ1n) is 9.45. The van der Waals surface area contributed by atoms with Crippen molar-refractivity contribution in [1.29, 1.82) is 0 Å². The average Bonchev–Trinajstić information content (AvgIpc) is 3.25. The summed E-state index contributed by atoms with van der Waals surface area (Å²) in [6.45, 7) is 2.70. The Morgan fingerprint density at radius 1 is 1.29 bits per heavy atom. The summed E-state index contributed by atoms with van der Waals surface area (Å²) in [7, 11) is 1.88. The van der Waals surface area contributed by atoms with Crippen LogP contribution in [0.5, 0.6) is 11.5 Å². The van der Waals surface area contributed by atoms with Crippen LogP contribution in [0.2, 0.25) is 0 Å². The SMILES string of the molecule is CN(CC(=O)O)C1CCCN(Cc2nc(-c3ccc4c(c3)OCO4)no2)CC1. The molecule has 0 aliphatic carbocycles. The second kappa shape index (κ2) is 8.15. The molecule has 1 unspecified atom stereocenters. The van der Waals surface area contributed by atoms with E-state index in [1.54, 1.807) is 0 Å². The van der Waals surface area contributed by atoms with Crippen LogP contribution < -0.4 is 9.47 Å². The Hall–Kier alpha value is -2.65. The first-order valence-corrected chi connectivity index (χ1v) is 9.45. The number of carboxylic acids is 1. The molecule has 0 spiro atoms. The van der Waals surface area contributed by atoms with E-state index in [4.69, 9.17) is 19.1 Å². The van der Waals surface area contributed by atoms with Gasteiger partial charge in [-0.3, -0.25) is 14.6 Å². The second-order valence-electron chi connectivity index (χ2n) is 7.25. The summed E-state index contributed by atoms with van der Waals surface area (Å²) < 4.78 is 16.2. The van der Waals surface area contributed by atoms with Crippen molar-refractivity contribution in [3.05, 3.63) is 24.1 Å². The molecule has 0 bridgehead atoms. The molecular formula is C19H24N4O5. The molecule has 9 nitrogen and oxygen atoms in total. The molecule has 1 aromatic heterocycles. The Balaban J connectivity index is 1.36. The standard InChI is InChI=1S/C19H24N4O5/c1-22(11-18(24)25)14-3-2-7-23(8-6-14)10-17-20-19(21-28-17)13-4-5-15-16(9-13)27-12-26-15/h4-5,9,14H,2-3,6-8,10-12H2,1H3,(H,24,25). The monoisotopic (exact) mass is 388 g/mol. The van der Waals surface area contributed by atoms with Gasteiger partial charge in [-0.15, -0.1) is 0 Å². The van der Waals surface area contributed by atoms with Crippen LogP contribution in [-0.2, 0) is 11.3 Å². The van der Waals surface area contributed by atoms with Crippen molar-refractivity contribution in [3.63, 3.8) is 0 Å². The van der Waals surface area contributed by atoms with E-state index in [-0.39, 0.29) is 19.4 Å². The number of carboxylic acid groups (broad SMARTS) is 1. The number of carbonyl (C=O) groups is 1. The number of likely N-dealkylation sites (N-methyl/N-ethyl adjacent to an activating group) is 1. The molecule has 0 amide bonds. The van der Waals surface area contributed by atoms with Crippen molar-refractivity contribution in [2.24, 2.45) is 0 Å². The summed E-state index contributed by atoms with van der Waals surface area (Å²) in [6, 6.07) is 5.87. The summed E-state index contributed by atoms with van der Waals surface area (Å²) in [5.41, 5.74) is 0.825. The van der Waals surface area contributed by atoms with Gasteiger partial charge >= 0.3 is 5.97 Å². The minimum atomic E-state index is -0.787. The number of nitrogens with zero attached hydrogens (tertiary/aromatic N) is 4. The zero-order valence-corrected chi connectivity index (χ0v) is 15.8. The molecule has 3 heterocycles. The number of hydrogen-bond acceptors (Lipinski definition) is 8. The predicted molar refractivity (Wildman–Crippen MR) is 99.0 cm³/mol. The number of benzene rings is 1. The smallest absolute Gasteiger partial charge is 0.317 e. The highest BCUT2D eigenvalue weighted by Gasteiger charge is 2.23. The Labute approximate surface area is 162 Å². The van der Waals surface area contributed by atoms with E-state index in [9.17, 15) is 4.79 Å². The van der Waals surface area contributed by atoms with Crippen molar-refractivity contribution >= 4 is 5.97 Å². The molecule has 28 heavy (non-hydrogen) atoms. The third-order valence-corrected chi connectivity index (χ3v) is 5.26. The second-order valence-corrected chi connectivity index (χ2v) is 7.25. The number of rotatable bonds is 6. The Morgan fingerprint density at radius 3 is 3.00 bits per heavy atom. The van der Waals surface area contributed by atoms with Crippen molar-refractivity contribution in [1.82, 2.24) is 19.9 Å². The lowest BCUT2D eigenvalue weighted by Gasteiger charge is -2.25. The molecule has 2 aliphatic rings. The van der Waals surface area contributed by atoms with Gasteiger partial charge in [0, 0.05) is 18.2 Å². The Bertz CT molecular complexity index is 839. The van der Waals surface area contributed by atoms with E-state index in [0.717, 1.165) is 43.7 Å². The van der Waals surface area contributed by atoms with Crippen LogP contribution in [0.4, 0.5) is 0 Å². The van der Waals surface area contributed by atoms with Gasteiger partial charge in [-0.05, 0) is 51.1 Å². The average molecular weight is 388 g/mol. The molecule has 2 aliphatic heterocycles. The maximum absolute atomic E-state index is 10.9. The van der Waals surface area contributed by atoms with Crippen molar-refractivity contribution in [2.45, 2.75) is 31.8 Å². The molecular weight excluding hydrogens is 364 g/mol. The molecule has 0 saturated carbocycles. The number of likely N-dealkylation sites (tertiary alicyclic amines) is 1. The van der Waals surface area contributed by atoms with E-state index in [0.29, 0.717) is 24.0 Å². The molecule has 1 atom stereocenters. The number of aliphatic carboxylic acids is 1. The van der Waals surface area contributed by atoms with Crippen molar-refractivity contribution in [2.75, 3.05) is 33.5 Å². The molecule has 1 saturated heterocycles. The van der Waals surface area contributed by atoms with Crippen LogP contribution in [0.1, 0.15) is 25.2 Å². The molecule has 4 rings (SSSR count). The lowest BCUT2D eigenvalue weighted by atomic mass is 10.1. The number of ether oxygens (including phenoxy) is 2. The maximum atomic E-state index is 10.9. The van der Waals surface area contributed by atoms with Crippen molar-refractivity contribution < 1.29 is 23.9 Å². The van der Waals surface area contributed by atoms with Gasteiger partial charge in [-0.2, -0.15) is 4.98 Å². The van der Waals surface area contributed by atoms with E-state index in [2.05, 4.69) is 15.0 Å². The normalized spacial score (nSPS) is 19.7. The zero-order chi connectivity index (χ0) is 19.5. The fraction of sp³-hybridized carbons (Fsp3) is 0.526. The topological polar surface area (TPSA) is 101 Å². The van der Waals surface area contributed by atoms with Gasteiger partial charge in [-0.25, -0.2) is 0 Å². The molecule has 9 heteroatoms. The minimum absolute atomic E-state index is 0.0766. The minimum Gasteiger partial charge on any atom is -0.480 e. The summed E-state index contributed by atoms with van der Waals surface area (Å²) >= 11 is 0. The van der Waals surface area contributed by atoms with Crippen LogP contribution >= 0.6 is 0 Å². The highest BCUT2D eigenvalue weighted by molar-refractivity contribution is 5.69. The van der Waals surface area contributed by atoms with E-state index >= 15 is 0 Å². The van der Waals surface area contributed by atoms with Crippen LogP contribution in [0, 0.1) is 0 Å². The zero-order valence-electron chi connectivity index (χ0n) is 15.8. The van der Waals surface area contributed by atoms with Gasteiger partial charge in [0.25, 0.3) is 0 Å². The fourth-order valence-electron chi connectivity index (χ4n) is 3.74. The summed E-state index contributed by atoms with van der Waals surface area (Å²) in [4.78, 5) is 19.7. The molecule has 1 aromatic carbocycles. The quantitative estimate of drug-likeness (QED) is 0.794. The summed E-state index contributed by atoms with van der Waals surface area (Å²) in [5, 5.41) is 13.1. The fourth-order valence-corrected chi connectivity index (χ4v) is 3.74. The summed E-state index contributed by atoms with van der Waals surface area (Å²) in [5.74, 6) is 1.73. The lowest BCUT2D eigenvalue weighted by molar-refractivity contribution is -0.138. The lowest BCUT2D eigenvalue weighted by Crippen LogP contribution is -2.36. The molecule has 1 fully saturated rings. The highest BCUT2D eigenvalue weighted by atomic mass is 16.7. The first kappa shape index (κ1) is 18.7.